The monoisotopic (exact) mass is 490 g/mol. The van der Waals surface area contributed by atoms with Crippen LogP contribution in [0.1, 0.15) is 113 Å². The van der Waals surface area contributed by atoms with Crippen molar-refractivity contribution in [3.63, 3.8) is 0 Å². The minimum Gasteiger partial charge on any atom is -0.481 e. The van der Waals surface area contributed by atoms with Crippen molar-refractivity contribution in [2.45, 2.75) is 130 Å². The summed E-state index contributed by atoms with van der Waals surface area (Å²) in [5.41, 5.74) is -0.323. The Balaban J connectivity index is 1.66. The van der Waals surface area contributed by atoms with Crippen LogP contribution in [0.5, 0.6) is 0 Å². The van der Waals surface area contributed by atoms with Crippen molar-refractivity contribution in [1.82, 2.24) is 0 Å². The lowest BCUT2D eigenvalue weighted by Crippen LogP contribution is -2.60. The summed E-state index contributed by atoms with van der Waals surface area (Å²) >= 11 is 0. The predicted molar refractivity (Wildman–Crippen MR) is 138 cm³/mol. The summed E-state index contributed by atoms with van der Waals surface area (Å²) in [6.45, 7) is 19.3. The van der Waals surface area contributed by atoms with Gasteiger partial charge in [-0.2, -0.15) is 0 Å². The molecule has 1 heterocycles. The zero-order chi connectivity index (χ0) is 26.2. The van der Waals surface area contributed by atoms with E-state index in [1.54, 1.807) is 13.8 Å². The summed E-state index contributed by atoms with van der Waals surface area (Å²) in [7, 11) is 0. The van der Waals surface area contributed by atoms with E-state index in [9.17, 15) is 20.1 Å². The van der Waals surface area contributed by atoms with Crippen LogP contribution in [-0.4, -0.2) is 38.3 Å². The summed E-state index contributed by atoms with van der Waals surface area (Å²) in [5.74, 6) is -0.513. The molecule has 35 heavy (non-hydrogen) atoms. The molecule has 4 fully saturated rings. The third-order valence-electron chi connectivity index (χ3n) is 12.2. The van der Waals surface area contributed by atoms with Crippen LogP contribution in [0, 0.1) is 39.9 Å². The quantitative estimate of drug-likeness (QED) is 0.379. The van der Waals surface area contributed by atoms with Crippen LogP contribution in [0.15, 0.2) is 12.2 Å². The number of allylic oxidation sites excluding steroid dienone is 1. The average Bonchev–Trinajstić information content (AvgIpc) is 3.25. The second-order valence-electron chi connectivity index (χ2n) is 14.3. The fourth-order valence-electron chi connectivity index (χ4n) is 9.97. The van der Waals surface area contributed by atoms with Crippen LogP contribution in [0.4, 0.5) is 0 Å². The second kappa shape index (κ2) is 8.30. The Morgan fingerprint density at radius 2 is 1.60 bits per heavy atom. The molecule has 3 aliphatic carbocycles. The maximum Gasteiger partial charge on any atom is 0.303 e. The molecule has 0 aromatic heterocycles. The Morgan fingerprint density at radius 3 is 2.14 bits per heavy atom. The number of carboxylic acid groups (broad SMARTS) is 1. The molecule has 0 amide bonds. The van der Waals surface area contributed by atoms with E-state index in [-0.39, 0.29) is 22.7 Å². The van der Waals surface area contributed by atoms with Gasteiger partial charge in [0.15, 0.2) is 5.79 Å². The first-order valence-electron chi connectivity index (χ1n) is 14.0. The van der Waals surface area contributed by atoms with Gasteiger partial charge < -0.3 is 20.1 Å². The van der Waals surface area contributed by atoms with Crippen molar-refractivity contribution in [2.24, 2.45) is 39.9 Å². The lowest BCUT2D eigenvalue weighted by Gasteiger charge is -2.66. The highest BCUT2D eigenvalue weighted by Gasteiger charge is 2.69. The summed E-state index contributed by atoms with van der Waals surface area (Å²) in [6.07, 6.45) is 8.84. The van der Waals surface area contributed by atoms with Crippen LogP contribution < -0.4 is 0 Å². The molecule has 3 N–H and O–H groups in total. The summed E-state index contributed by atoms with van der Waals surface area (Å²) in [4.78, 5) is 11.6. The van der Waals surface area contributed by atoms with E-state index in [4.69, 9.17) is 4.74 Å². The molecule has 5 nitrogen and oxygen atoms in total. The molecule has 5 heteroatoms. The Hall–Kier alpha value is -0.910. The maximum absolute atomic E-state index is 11.6. The molecule has 1 saturated heterocycles. The van der Waals surface area contributed by atoms with Gasteiger partial charge in [0, 0.05) is 12.8 Å². The molecule has 0 aromatic rings. The highest BCUT2D eigenvalue weighted by atomic mass is 16.7. The molecule has 4 rings (SSSR count). The largest absolute Gasteiger partial charge is 0.481 e. The van der Waals surface area contributed by atoms with Crippen molar-refractivity contribution in [1.29, 1.82) is 0 Å². The van der Waals surface area contributed by atoms with Crippen molar-refractivity contribution in [3.8, 4) is 0 Å². The van der Waals surface area contributed by atoms with Crippen LogP contribution in [0.25, 0.3) is 0 Å². The molecule has 0 radical (unpaired) electrons. The zero-order valence-electron chi connectivity index (χ0n) is 23.2. The molecular weight excluding hydrogens is 440 g/mol. The smallest absolute Gasteiger partial charge is 0.303 e. The summed E-state index contributed by atoms with van der Waals surface area (Å²) < 4.78 is 6.43. The third-order valence-corrected chi connectivity index (χ3v) is 12.2. The first-order valence-corrected chi connectivity index (χ1v) is 14.0. The van der Waals surface area contributed by atoms with E-state index >= 15 is 0 Å². The number of rotatable bonds is 6. The number of hydrogen-bond donors (Lipinski definition) is 3. The van der Waals surface area contributed by atoms with Crippen LogP contribution >= 0.6 is 0 Å². The standard InChI is InChI=1S/C30H50O5/c1-19(2)20-11-16-28(7)23(26(20,5)14-13-24(31)32)10-9-21-22(12-15-27(21,28)6)29(8)17-18-30(34,35-29)25(3,4)33/h20-23,33-34H,1,9-18H2,2-8H3,(H,31,32)/t20-,21+,22-,23+,26-,27+,28+,29-,30-/m0/s1. The fourth-order valence-corrected chi connectivity index (χ4v) is 9.97. The van der Waals surface area contributed by atoms with Gasteiger partial charge in [-0.25, -0.2) is 0 Å². The molecule has 0 bridgehead atoms. The Bertz CT molecular complexity index is 876. The summed E-state index contributed by atoms with van der Waals surface area (Å²) in [6, 6.07) is 0. The molecule has 3 saturated carbocycles. The third kappa shape index (κ3) is 3.85. The molecule has 200 valence electrons. The molecular formula is C30H50O5. The van der Waals surface area contributed by atoms with E-state index < -0.39 is 23.0 Å². The van der Waals surface area contributed by atoms with Gasteiger partial charge in [-0.05, 0) is 119 Å². The molecule has 9 atom stereocenters. The van der Waals surface area contributed by atoms with Gasteiger partial charge in [-0.1, -0.05) is 32.9 Å². The predicted octanol–water partition coefficient (Wildman–Crippen LogP) is 6.32. The lowest BCUT2D eigenvalue weighted by atomic mass is 9.38. The van der Waals surface area contributed by atoms with Crippen molar-refractivity contribution < 1.29 is 24.9 Å². The van der Waals surface area contributed by atoms with E-state index in [2.05, 4.69) is 41.2 Å². The van der Waals surface area contributed by atoms with Crippen molar-refractivity contribution in [2.75, 3.05) is 0 Å². The molecule has 0 unspecified atom stereocenters. The van der Waals surface area contributed by atoms with E-state index in [0.717, 1.165) is 44.9 Å². The lowest BCUT2D eigenvalue weighted by molar-refractivity contribution is -0.305. The molecule has 0 spiro atoms. The second-order valence-corrected chi connectivity index (χ2v) is 14.3. The Labute approximate surface area is 212 Å². The highest BCUT2D eigenvalue weighted by molar-refractivity contribution is 5.66. The highest BCUT2D eigenvalue weighted by Crippen LogP contribution is 2.74. The number of ether oxygens (including phenoxy) is 1. The number of carboxylic acids is 1. The number of aliphatic carboxylic acids is 1. The van der Waals surface area contributed by atoms with Gasteiger partial charge >= 0.3 is 5.97 Å². The van der Waals surface area contributed by atoms with Gasteiger partial charge in [0.1, 0.15) is 5.60 Å². The van der Waals surface area contributed by atoms with E-state index in [1.807, 2.05) is 0 Å². The van der Waals surface area contributed by atoms with Gasteiger partial charge in [-0.3, -0.25) is 4.79 Å². The number of hydrogen-bond acceptors (Lipinski definition) is 4. The molecule has 4 aliphatic rings. The van der Waals surface area contributed by atoms with E-state index in [1.165, 1.54) is 5.57 Å². The van der Waals surface area contributed by atoms with Crippen LogP contribution in [0.2, 0.25) is 0 Å². The topological polar surface area (TPSA) is 87.0 Å². The first kappa shape index (κ1) is 27.1. The van der Waals surface area contributed by atoms with Crippen LogP contribution in [0.3, 0.4) is 0 Å². The Kier molecular flexibility index (Phi) is 6.43. The number of carbonyl (C=O) groups is 1. The zero-order valence-corrected chi connectivity index (χ0v) is 23.2. The van der Waals surface area contributed by atoms with Gasteiger partial charge in [-0.15, -0.1) is 0 Å². The van der Waals surface area contributed by atoms with Crippen molar-refractivity contribution >= 4 is 5.97 Å². The minimum atomic E-state index is -1.50. The fraction of sp³-hybridized carbons (Fsp3) is 0.900. The maximum atomic E-state index is 11.6. The Morgan fingerprint density at radius 1 is 0.971 bits per heavy atom. The number of fused-ring (bicyclic) bond motifs is 3. The molecule has 1 aliphatic heterocycles. The SMILES string of the molecule is C=C(C)[C@@H]1CC[C@]2(C)[C@H](CC[C@@H]3[C@@H]([C@]4(C)CC[C@@](O)(C(C)(C)O)O4)CC[C@]32C)[C@@]1(C)CCC(=O)O. The van der Waals surface area contributed by atoms with Gasteiger partial charge in [0.25, 0.3) is 0 Å². The van der Waals surface area contributed by atoms with E-state index in [0.29, 0.717) is 36.5 Å². The minimum absolute atomic E-state index is 0.0573. The van der Waals surface area contributed by atoms with Gasteiger partial charge in [0.2, 0.25) is 0 Å². The first-order chi connectivity index (χ1) is 15.9. The average molecular weight is 491 g/mol. The summed E-state index contributed by atoms with van der Waals surface area (Å²) in [5, 5.41) is 31.3. The van der Waals surface area contributed by atoms with Crippen molar-refractivity contribution in [3.05, 3.63) is 12.2 Å². The molecule has 0 aromatic carbocycles. The van der Waals surface area contributed by atoms with Crippen LogP contribution in [-0.2, 0) is 9.53 Å². The van der Waals surface area contributed by atoms with Gasteiger partial charge in [0.05, 0.1) is 5.60 Å². The number of aliphatic hydroxyl groups is 2. The normalized spacial score (nSPS) is 50.0.